The number of ketones is 2. The molecule has 68 heavy (non-hydrogen) atoms. The van der Waals surface area contributed by atoms with Gasteiger partial charge in [0, 0.05) is 47.5 Å². The number of rotatable bonds is 11. The number of Topliss-reactive ketones (excluding diaryl/α,β-unsaturated/α-hetero) is 2. The van der Waals surface area contributed by atoms with Crippen LogP contribution in [0.15, 0.2) is 53.6 Å². The molecule has 10 heteroatoms. The zero-order valence-corrected chi connectivity index (χ0v) is 42.6. The van der Waals surface area contributed by atoms with Gasteiger partial charge in [0.25, 0.3) is 0 Å². The van der Waals surface area contributed by atoms with E-state index in [4.69, 9.17) is 10.5 Å². The minimum Gasteiger partial charge on any atom is -0.508 e. The van der Waals surface area contributed by atoms with E-state index in [2.05, 4.69) is 68.8 Å². The number of anilines is 1. The van der Waals surface area contributed by atoms with Gasteiger partial charge in [-0.3, -0.25) is 9.59 Å². The highest BCUT2D eigenvalue weighted by molar-refractivity contribution is 6.03. The Kier molecular flexibility index (Phi) is 12.3. The number of nitrogen functional groups attached to an aromatic ring is 1. The first-order chi connectivity index (χ1) is 32.2. The summed E-state index contributed by atoms with van der Waals surface area (Å²) in [6.45, 7) is 15.5. The number of ether oxygens (including phenoxy) is 1. The first-order valence-electron chi connectivity index (χ1n) is 26.9. The molecule has 2 aromatic carbocycles. The van der Waals surface area contributed by atoms with Crippen molar-refractivity contribution in [3.63, 3.8) is 0 Å². The van der Waals surface area contributed by atoms with Gasteiger partial charge >= 0.3 is 0 Å². The minimum absolute atomic E-state index is 0.0341. The summed E-state index contributed by atoms with van der Waals surface area (Å²) >= 11 is 0. The number of phenolic OH excluding ortho intramolecular Hbond substituents is 1. The number of epoxide rings is 1. The van der Waals surface area contributed by atoms with Gasteiger partial charge in [-0.2, -0.15) is 0 Å². The van der Waals surface area contributed by atoms with Gasteiger partial charge in [0.2, 0.25) is 0 Å². The van der Waals surface area contributed by atoms with Gasteiger partial charge < -0.3 is 41.7 Å². The number of β-amino-alcohol motifs (C(OH)–C–C–N with tert-alkyl or cyclic N) is 1. The zero-order chi connectivity index (χ0) is 48.3. The number of aliphatic hydroxyl groups excluding tert-OH is 1. The number of hydrogen-bond acceptors (Lipinski definition) is 10. The number of nitrogens with one attached hydrogen (secondary N) is 3. The highest BCUT2D eigenvalue weighted by Crippen LogP contribution is 2.79. The average molecular weight is 933 g/mol. The summed E-state index contributed by atoms with van der Waals surface area (Å²) in [6.07, 6.45) is 11.2. The van der Waals surface area contributed by atoms with Crippen LogP contribution < -0.4 is 21.7 Å². The van der Waals surface area contributed by atoms with E-state index < -0.39 is 28.1 Å². The smallest absolute Gasteiger partial charge is 0.163 e. The van der Waals surface area contributed by atoms with Crippen LogP contribution in [0.2, 0.25) is 0 Å². The molecule has 0 radical (unpaired) electrons. The lowest BCUT2D eigenvalue weighted by molar-refractivity contribution is -0.225. The van der Waals surface area contributed by atoms with Gasteiger partial charge in [-0.1, -0.05) is 70.7 Å². The minimum atomic E-state index is -0.876. The molecule has 372 valence electrons. The first-order valence-corrected chi connectivity index (χ1v) is 26.9. The summed E-state index contributed by atoms with van der Waals surface area (Å²) in [5.74, 6) is 1.36. The Morgan fingerprint density at radius 1 is 0.926 bits per heavy atom. The lowest BCUT2D eigenvalue weighted by Crippen LogP contribution is -2.73. The maximum absolute atomic E-state index is 15.7. The van der Waals surface area contributed by atoms with E-state index >= 15 is 9.59 Å². The predicted octanol–water partition coefficient (Wildman–Crippen LogP) is 8.72. The van der Waals surface area contributed by atoms with Crippen LogP contribution in [0.25, 0.3) is 0 Å². The summed E-state index contributed by atoms with van der Waals surface area (Å²) in [6, 6.07) is 14.1. The number of aromatic hydroxyl groups is 1. The number of aliphatic hydroxyl groups is 2. The van der Waals surface area contributed by atoms with Crippen molar-refractivity contribution in [1.82, 2.24) is 16.0 Å². The van der Waals surface area contributed by atoms with Crippen LogP contribution in [0, 0.1) is 57.2 Å². The molecule has 2 saturated heterocycles. The Bertz CT molecular complexity index is 2330. The third-order valence-corrected chi connectivity index (χ3v) is 21.1. The Balaban J connectivity index is 1.03. The quantitative estimate of drug-likeness (QED) is 0.0855. The molecule has 2 aromatic rings. The van der Waals surface area contributed by atoms with Gasteiger partial charge in [0.15, 0.2) is 5.78 Å². The van der Waals surface area contributed by atoms with Crippen molar-refractivity contribution >= 4 is 17.3 Å². The molecule has 0 unspecified atom stereocenters. The van der Waals surface area contributed by atoms with Crippen LogP contribution >= 0.6 is 0 Å². The van der Waals surface area contributed by atoms with E-state index in [0.717, 1.165) is 99.6 Å². The molecule has 10 nitrogen and oxygen atoms in total. The molecule has 10 rings (SSSR count). The fraction of sp³-hybridized carbons (Fsp3) is 0.724. The molecule has 6 aliphatic carbocycles. The third-order valence-electron chi connectivity index (χ3n) is 21.1. The Labute approximate surface area is 406 Å². The molecule has 2 aliphatic heterocycles. The van der Waals surface area contributed by atoms with Crippen molar-refractivity contribution in [3.05, 3.63) is 70.3 Å². The van der Waals surface area contributed by atoms with Crippen molar-refractivity contribution in [3.8, 4) is 5.75 Å². The number of phenols is 1. The van der Waals surface area contributed by atoms with E-state index in [1.54, 1.807) is 0 Å². The second-order valence-electron chi connectivity index (χ2n) is 25.2. The van der Waals surface area contributed by atoms with Crippen LogP contribution in [-0.2, 0) is 20.9 Å². The normalized spacial score (nSPS) is 44.2. The molecule has 1 spiro atoms. The van der Waals surface area contributed by atoms with Crippen LogP contribution in [0.4, 0.5) is 5.69 Å². The lowest BCUT2D eigenvalue weighted by atomic mass is 9.30. The van der Waals surface area contributed by atoms with Gasteiger partial charge in [0.1, 0.15) is 17.6 Å². The molecule has 8 N–H and O–H groups in total. The molecular weight excluding hydrogens is 849 g/mol. The van der Waals surface area contributed by atoms with Crippen LogP contribution in [0.1, 0.15) is 160 Å². The number of nitrogens with two attached hydrogens (primary N) is 1. The Morgan fingerprint density at radius 3 is 2.46 bits per heavy atom. The summed E-state index contributed by atoms with van der Waals surface area (Å²) in [4.78, 5) is 31.3. The van der Waals surface area contributed by atoms with Crippen molar-refractivity contribution in [2.75, 3.05) is 32.9 Å². The first kappa shape index (κ1) is 48.5. The van der Waals surface area contributed by atoms with Crippen molar-refractivity contribution in [2.45, 2.75) is 179 Å². The summed E-state index contributed by atoms with van der Waals surface area (Å²) in [5.41, 5.74) is 9.63. The predicted molar refractivity (Wildman–Crippen MR) is 268 cm³/mol. The summed E-state index contributed by atoms with van der Waals surface area (Å²) < 4.78 is 6.61. The summed E-state index contributed by atoms with van der Waals surface area (Å²) in [7, 11) is 3.95. The third kappa shape index (κ3) is 7.44. The molecular formula is C58H84N4O6. The number of allylic oxidation sites excluding steroid dienone is 2. The second kappa shape index (κ2) is 17.3. The average Bonchev–Trinajstić information content (AvgIpc) is 3.61. The van der Waals surface area contributed by atoms with Crippen molar-refractivity contribution in [2.24, 2.45) is 57.2 Å². The van der Waals surface area contributed by atoms with E-state index in [-0.39, 0.29) is 58.3 Å². The monoisotopic (exact) mass is 933 g/mol. The summed E-state index contributed by atoms with van der Waals surface area (Å²) in [5, 5.41) is 46.1. The molecule has 0 amide bonds. The van der Waals surface area contributed by atoms with Crippen LogP contribution in [-0.4, -0.2) is 83.5 Å². The number of benzene rings is 2. The van der Waals surface area contributed by atoms with Gasteiger partial charge in [-0.25, -0.2) is 0 Å². The van der Waals surface area contributed by atoms with Crippen LogP contribution in [0.3, 0.4) is 0 Å². The highest BCUT2D eigenvalue weighted by atomic mass is 16.6. The van der Waals surface area contributed by atoms with E-state index in [9.17, 15) is 15.3 Å². The SMILES string of the molecule is CNCc1cc(O)cc([C@H]2C[C@@]3(C)[C@H]4CCC5=C([C@H](C)C[C@@H](O)[C@H]6O[C@]6(C)[C@@H]6CCC[C@H]6c6cccc(N)c6)C(=O)[C@@H]6C[C@@H](CNC)C[C@@]4(C[C@@H]4NC[C@](C)(O)CCCC[C@@](C)(C2=O)[C@H]43)[C@]56C)c1. The topological polar surface area (TPSA) is 169 Å². The van der Waals surface area contributed by atoms with E-state index in [1.165, 1.54) is 11.1 Å². The maximum Gasteiger partial charge on any atom is 0.163 e. The van der Waals surface area contributed by atoms with Gasteiger partial charge in [-0.05, 0) is 198 Å². The van der Waals surface area contributed by atoms with E-state index in [0.29, 0.717) is 61.7 Å². The molecule has 7 fully saturated rings. The van der Waals surface area contributed by atoms with Gasteiger partial charge in [-0.15, -0.1) is 0 Å². The fourth-order valence-corrected chi connectivity index (χ4v) is 18.6. The molecule has 2 heterocycles. The molecule has 0 aromatic heterocycles. The second-order valence-corrected chi connectivity index (χ2v) is 25.2. The van der Waals surface area contributed by atoms with Gasteiger partial charge in [0.05, 0.1) is 17.3 Å². The fourth-order valence-electron chi connectivity index (χ4n) is 18.6. The highest BCUT2D eigenvalue weighted by Gasteiger charge is 2.76. The number of carbonyl (C=O) groups excluding carboxylic acids is 2. The zero-order valence-electron chi connectivity index (χ0n) is 42.6. The number of hydrogen-bond donors (Lipinski definition) is 7. The lowest BCUT2D eigenvalue weighted by Gasteiger charge is -2.74. The molecule has 5 saturated carbocycles. The Morgan fingerprint density at radius 2 is 1.71 bits per heavy atom. The maximum atomic E-state index is 15.7. The number of carbonyl (C=O) groups is 2. The van der Waals surface area contributed by atoms with Crippen molar-refractivity contribution < 1.29 is 29.6 Å². The van der Waals surface area contributed by atoms with Crippen LogP contribution in [0.5, 0.6) is 5.75 Å². The number of fused-ring (bicyclic) bond motifs is 1. The molecule has 17 atom stereocenters. The molecule has 8 aliphatic rings. The molecule has 0 bridgehead atoms. The van der Waals surface area contributed by atoms with E-state index in [1.807, 2.05) is 45.3 Å². The standard InChI is InChI=1S/C58H84N4O6/c1-33(21-46(64)52-57(6,68-52)42-16-12-15-40(42)36-13-11-14-38(59)25-36)48-43-17-18-47-55(4)28-41(37-22-34(30-60-7)23-39(63)26-37)51(66)54(3)20-10-9-19-53(2,67)32-62-45(50(54)55)29-58(47)27-35(31-61-8)24-44(49(48)65)56(43,58)5/h11,13-14,22-23,25-26,33,35,40-42,44-47,50,52,60-64,67H,9-10,12,15-21,24,27-32,59H2,1-8H3/t33-,35-,40+,41-,42-,44+,45+,46-,47-,50+,52-,53-,54-,55+,56-,57-,58+/m1/s1. The largest absolute Gasteiger partial charge is 0.508 e. The Hall–Kier alpha value is -3.12. The van der Waals surface area contributed by atoms with Crippen molar-refractivity contribution in [1.29, 1.82) is 0 Å².